The van der Waals surface area contributed by atoms with Crippen LogP contribution in [0.15, 0.2) is 85.1 Å². The third-order valence-corrected chi connectivity index (χ3v) is 5.31. The Bertz CT molecular complexity index is 1200. The van der Waals surface area contributed by atoms with Crippen molar-refractivity contribution in [1.29, 1.82) is 0 Å². The van der Waals surface area contributed by atoms with Gasteiger partial charge in [0.2, 0.25) is 0 Å². The fraction of sp³-hybridized carbons (Fsp3) is 0.154. The maximum Gasteiger partial charge on any atom is 0.255 e. The second-order valence-electron chi connectivity index (χ2n) is 7.51. The minimum absolute atomic E-state index is 0.000719. The minimum atomic E-state index is -0.203. The Morgan fingerprint density at radius 1 is 0.818 bits per heavy atom. The molecule has 0 aliphatic rings. The van der Waals surface area contributed by atoms with Gasteiger partial charge in [-0.05, 0) is 60.7 Å². The number of hydrogen-bond donors (Lipinski definition) is 4. The third-order valence-electron chi connectivity index (χ3n) is 5.31. The van der Waals surface area contributed by atoms with Gasteiger partial charge < -0.3 is 25.7 Å². The van der Waals surface area contributed by atoms with E-state index in [4.69, 9.17) is 0 Å². The van der Waals surface area contributed by atoms with Gasteiger partial charge in [-0.25, -0.2) is 0 Å². The first-order valence-corrected chi connectivity index (χ1v) is 10.8. The van der Waals surface area contributed by atoms with Gasteiger partial charge in [0.05, 0.1) is 18.7 Å². The molecule has 0 bridgehead atoms. The molecule has 1 heterocycles. The maximum absolute atomic E-state index is 12.7. The number of anilines is 4. The molecule has 0 atom stereocenters. The van der Waals surface area contributed by atoms with Crippen LogP contribution in [0.4, 0.5) is 22.7 Å². The van der Waals surface area contributed by atoms with Crippen LogP contribution in [0.1, 0.15) is 10.4 Å². The Kier molecular flexibility index (Phi) is 7.14. The molecule has 7 nitrogen and oxygen atoms in total. The van der Waals surface area contributed by atoms with E-state index < -0.39 is 0 Å². The topological polar surface area (TPSA) is 97.7 Å². The van der Waals surface area contributed by atoms with E-state index in [1.807, 2.05) is 59.5 Å². The monoisotopic (exact) mass is 442 g/mol. The quantitative estimate of drug-likeness (QED) is 0.313. The van der Waals surface area contributed by atoms with Crippen molar-refractivity contribution in [3.8, 4) is 0 Å². The molecule has 3 aromatic carbocycles. The molecule has 0 saturated carbocycles. The minimum Gasteiger partial charge on any atom is -0.395 e. The Morgan fingerprint density at radius 3 is 2.18 bits per heavy atom. The summed E-state index contributed by atoms with van der Waals surface area (Å²) < 4.78 is 0. The summed E-state index contributed by atoms with van der Waals surface area (Å²) in [5.74, 6) is -0.203. The average molecular weight is 443 g/mol. The van der Waals surface area contributed by atoms with E-state index in [1.165, 1.54) is 0 Å². The summed E-state index contributed by atoms with van der Waals surface area (Å²) in [5, 5.41) is 25.7. The number of carbonyl (C=O) groups excluding carboxylic acids is 1. The normalized spacial score (nSPS) is 10.7. The fourth-order valence-corrected chi connectivity index (χ4v) is 3.64. The molecule has 0 aliphatic heterocycles. The van der Waals surface area contributed by atoms with Gasteiger partial charge in [0.25, 0.3) is 5.91 Å². The van der Waals surface area contributed by atoms with Gasteiger partial charge in [-0.1, -0.05) is 18.2 Å². The molecule has 0 radical (unpaired) electrons. The number of pyridine rings is 1. The molecule has 7 heteroatoms. The molecule has 4 N–H and O–H groups in total. The zero-order valence-electron chi connectivity index (χ0n) is 18.1. The molecule has 0 aliphatic carbocycles. The SMILES string of the molecule is O=C(Nc1ccc(N(CCO)CCO)cc1)c1ccc(Nc2ccnc3ccccc23)cc1. The summed E-state index contributed by atoms with van der Waals surface area (Å²) in [5.41, 5.74) is 4.83. The summed E-state index contributed by atoms with van der Waals surface area (Å²) in [7, 11) is 0. The number of carbonyl (C=O) groups is 1. The summed E-state index contributed by atoms with van der Waals surface area (Å²) in [6, 6.07) is 24.5. The first-order chi connectivity index (χ1) is 16.2. The number of aliphatic hydroxyl groups is 2. The van der Waals surface area contributed by atoms with Gasteiger partial charge in [-0.3, -0.25) is 9.78 Å². The van der Waals surface area contributed by atoms with Crippen LogP contribution < -0.4 is 15.5 Å². The standard InChI is InChI=1S/C26H26N4O3/c31-17-15-30(16-18-32)22-11-9-21(10-12-22)29-26(33)19-5-7-20(8-6-19)28-25-13-14-27-24-4-2-1-3-23(24)25/h1-14,31-32H,15-18H2,(H,27,28)(H,29,33). The van der Waals surface area contributed by atoms with E-state index in [9.17, 15) is 15.0 Å². The van der Waals surface area contributed by atoms with Crippen molar-refractivity contribution in [3.63, 3.8) is 0 Å². The van der Waals surface area contributed by atoms with Crippen molar-refractivity contribution in [2.24, 2.45) is 0 Å². The molecule has 1 aromatic heterocycles. The van der Waals surface area contributed by atoms with E-state index in [1.54, 1.807) is 30.5 Å². The van der Waals surface area contributed by atoms with E-state index in [2.05, 4.69) is 15.6 Å². The molecule has 1 amide bonds. The highest BCUT2D eigenvalue weighted by Crippen LogP contribution is 2.25. The lowest BCUT2D eigenvalue weighted by Crippen LogP contribution is -2.29. The second-order valence-corrected chi connectivity index (χ2v) is 7.51. The first kappa shape index (κ1) is 22.3. The predicted octanol–water partition coefficient (Wildman–Crippen LogP) is 4.02. The maximum atomic E-state index is 12.7. The molecule has 0 saturated heterocycles. The van der Waals surface area contributed by atoms with Crippen LogP contribution in [-0.2, 0) is 0 Å². The predicted molar refractivity (Wildman–Crippen MR) is 132 cm³/mol. The van der Waals surface area contributed by atoms with Crippen molar-refractivity contribution in [3.05, 3.63) is 90.6 Å². The highest BCUT2D eigenvalue weighted by atomic mass is 16.3. The Labute approximate surface area is 192 Å². The summed E-state index contributed by atoms with van der Waals surface area (Å²) in [6.45, 7) is 0.866. The van der Waals surface area contributed by atoms with Crippen LogP contribution >= 0.6 is 0 Å². The lowest BCUT2D eigenvalue weighted by Gasteiger charge is -2.23. The number of aliphatic hydroxyl groups excluding tert-OH is 2. The van der Waals surface area contributed by atoms with Crippen LogP contribution in [-0.4, -0.2) is 47.4 Å². The van der Waals surface area contributed by atoms with Crippen molar-refractivity contribution >= 4 is 39.6 Å². The van der Waals surface area contributed by atoms with Gasteiger partial charge >= 0.3 is 0 Å². The third kappa shape index (κ3) is 5.46. The van der Waals surface area contributed by atoms with Crippen molar-refractivity contribution in [2.45, 2.75) is 0 Å². The van der Waals surface area contributed by atoms with Gasteiger partial charge in [0.15, 0.2) is 0 Å². The fourth-order valence-electron chi connectivity index (χ4n) is 3.64. The van der Waals surface area contributed by atoms with Crippen molar-refractivity contribution < 1.29 is 15.0 Å². The molecule has 168 valence electrons. The van der Waals surface area contributed by atoms with Gasteiger partial charge in [0.1, 0.15) is 0 Å². The Balaban J connectivity index is 1.41. The molecule has 33 heavy (non-hydrogen) atoms. The number of amides is 1. The number of rotatable bonds is 9. The number of hydrogen-bond acceptors (Lipinski definition) is 6. The number of benzene rings is 3. The number of aromatic nitrogens is 1. The zero-order chi connectivity index (χ0) is 23.0. The molecular formula is C26H26N4O3. The molecule has 0 unspecified atom stereocenters. The van der Waals surface area contributed by atoms with Crippen LogP contribution in [0, 0.1) is 0 Å². The first-order valence-electron chi connectivity index (χ1n) is 10.8. The summed E-state index contributed by atoms with van der Waals surface area (Å²) in [6.07, 6.45) is 1.77. The van der Waals surface area contributed by atoms with Crippen LogP contribution in [0.5, 0.6) is 0 Å². The highest BCUT2D eigenvalue weighted by molar-refractivity contribution is 6.04. The Morgan fingerprint density at radius 2 is 1.48 bits per heavy atom. The van der Waals surface area contributed by atoms with E-state index >= 15 is 0 Å². The van der Waals surface area contributed by atoms with Gasteiger partial charge in [-0.2, -0.15) is 0 Å². The second kappa shape index (κ2) is 10.6. The number of nitrogens with one attached hydrogen (secondary N) is 2. The van der Waals surface area contributed by atoms with Crippen molar-refractivity contribution in [2.75, 3.05) is 41.8 Å². The molecule has 4 aromatic rings. The highest BCUT2D eigenvalue weighted by Gasteiger charge is 2.09. The van der Waals surface area contributed by atoms with E-state index in [0.717, 1.165) is 28.0 Å². The van der Waals surface area contributed by atoms with E-state index in [0.29, 0.717) is 24.3 Å². The average Bonchev–Trinajstić information content (AvgIpc) is 2.85. The van der Waals surface area contributed by atoms with Crippen molar-refractivity contribution in [1.82, 2.24) is 4.98 Å². The van der Waals surface area contributed by atoms with Crippen LogP contribution in [0.3, 0.4) is 0 Å². The van der Waals surface area contributed by atoms with Crippen LogP contribution in [0.2, 0.25) is 0 Å². The lowest BCUT2D eigenvalue weighted by molar-refractivity contribution is 0.102. The van der Waals surface area contributed by atoms with Crippen LogP contribution in [0.25, 0.3) is 10.9 Å². The summed E-state index contributed by atoms with van der Waals surface area (Å²) >= 11 is 0. The molecule has 4 rings (SSSR count). The molecule has 0 fully saturated rings. The largest absolute Gasteiger partial charge is 0.395 e. The number of para-hydroxylation sites is 1. The van der Waals surface area contributed by atoms with Gasteiger partial charge in [-0.15, -0.1) is 0 Å². The number of fused-ring (bicyclic) bond motifs is 1. The molecule has 0 spiro atoms. The summed E-state index contributed by atoms with van der Waals surface area (Å²) in [4.78, 5) is 18.9. The Hall–Kier alpha value is -3.94. The zero-order valence-corrected chi connectivity index (χ0v) is 18.1. The van der Waals surface area contributed by atoms with E-state index in [-0.39, 0.29) is 19.1 Å². The lowest BCUT2D eigenvalue weighted by atomic mass is 10.1. The molecular weight excluding hydrogens is 416 g/mol. The van der Waals surface area contributed by atoms with Gasteiger partial charge in [0, 0.05) is 53.0 Å². The number of nitrogens with zero attached hydrogens (tertiary/aromatic N) is 2. The smallest absolute Gasteiger partial charge is 0.255 e.